The van der Waals surface area contributed by atoms with Gasteiger partial charge in [0.25, 0.3) is 11.8 Å². The lowest BCUT2D eigenvalue weighted by atomic mass is 10.1. The first kappa shape index (κ1) is 61.1. The van der Waals surface area contributed by atoms with Gasteiger partial charge in [0.2, 0.25) is 0 Å². The molecule has 0 radical (unpaired) electrons. The largest absolute Gasteiger partial charge is 0.478 e. The molecule has 0 bridgehead atoms. The van der Waals surface area contributed by atoms with Crippen molar-refractivity contribution in [1.29, 1.82) is 0 Å². The molecule has 0 unspecified atom stereocenters. The van der Waals surface area contributed by atoms with Crippen molar-refractivity contribution in [3.63, 3.8) is 0 Å². The first-order valence-corrected chi connectivity index (χ1v) is 28.0. The number of aromatic carboxylic acids is 2. The molecule has 0 fully saturated rings. The van der Waals surface area contributed by atoms with E-state index in [1.165, 1.54) is 82.7 Å². The SMILES string of the molecule is COCCn1c(Cc2ccc(-c3ccc(F)c(OCc4cnc(-n5ccnn5)cc4Cl)n3)cc2F)nc2ccc(C(=O)O)cc21.COCCn1c(Cc2ccc(-c3ccc(F)c(OCc4cnc(-n5ccnn5)cc4Cl)n3)cc2F)nc2ccc(C(=O)O)cc21. The lowest BCUT2D eigenvalue weighted by Crippen LogP contribution is -2.10. The molecule has 0 aliphatic heterocycles. The fourth-order valence-electron chi connectivity index (χ4n) is 9.47. The zero-order valence-electron chi connectivity index (χ0n) is 47.4. The first-order valence-electron chi connectivity index (χ1n) is 27.2. The molecule has 2 N–H and O–H groups in total. The molecule has 0 aliphatic carbocycles. The maximum Gasteiger partial charge on any atom is 0.335 e. The van der Waals surface area contributed by atoms with E-state index in [4.69, 9.17) is 42.1 Å². The van der Waals surface area contributed by atoms with Crippen molar-refractivity contribution in [2.75, 3.05) is 27.4 Å². The van der Waals surface area contributed by atoms with E-state index < -0.39 is 35.2 Å². The fourth-order valence-corrected chi connectivity index (χ4v) is 9.87. The number of aromatic nitrogens is 14. The number of methoxy groups -OCH3 is 2. The smallest absolute Gasteiger partial charge is 0.335 e. The van der Waals surface area contributed by atoms with Gasteiger partial charge < -0.3 is 38.3 Å². The third-order valence-corrected chi connectivity index (χ3v) is 14.8. The number of imidazole rings is 2. The van der Waals surface area contributed by atoms with E-state index >= 15 is 8.78 Å². The van der Waals surface area contributed by atoms with Crippen LogP contribution in [0.5, 0.6) is 11.8 Å². The van der Waals surface area contributed by atoms with Crippen molar-refractivity contribution in [2.24, 2.45) is 0 Å². The van der Waals surface area contributed by atoms with E-state index in [-0.39, 0.29) is 48.9 Å². The van der Waals surface area contributed by atoms with Crippen molar-refractivity contribution in [1.82, 2.24) is 69.0 Å². The first-order chi connectivity index (χ1) is 43.6. The predicted molar refractivity (Wildman–Crippen MR) is 319 cm³/mol. The molecule has 0 saturated heterocycles. The van der Waals surface area contributed by atoms with E-state index in [1.54, 1.807) is 87.3 Å². The number of nitrogens with zero attached hydrogens (tertiary/aromatic N) is 14. The number of halogens is 6. The molecular formula is C62H48Cl2F4N14O8. The molecule has 12 aromatic rings. The van der Waals surface area contributed by atoms with Gasteiger partial charge in [0.15, 0.2) is 23.3 Å². The van der Waals surface area contributed by atoms with Crippen molar-refractivity contribution >= 4 is 57.2 Å². The number of hydrogen-bond donors (Lipinski definition) is 2. The van der Waals surface area contributed by atoms with Crippen LogP contribution in [0.25, 0.3) is 56.2 Å². The van der Waals surface area contributed by atoms with Crippen LogP contribution in [-0.2, 0) is 48.6 Å². The maximum atomic E-state index is 15.5. The molecule has 28 heteroatoms. The Labute approximate surface area is 517 Å². The Morgan fingerprint density at radius 2 is 0.944 bits per heavy atom. The Balaban J connectivity index is 0.000000185. The van der Waals surface area contributed by atoms with Crippen LogP contribution >= 0.6 is 23.2 Å². The van der Waals surface area contributed by atoms with Gasteiger partial charge in [0.1, 0.15) is 36.5 Å². The summed E-state index contributed by atoms with van der Waals surface area (Å²) in [6, 6.07) is 26.9. The van der Waals surface area contributed by atoms with Crippen LogP contribution in [0, 0.1) is 23.3 Å². The fraction of sp³-hybridized carbons (Fsp3) is 0.161. The summed E-state index contributed by atoms with van der Waals surface area (Å²) in [7, 11) is 3.12. The minimum Gasteiger partial charge on any atom is -0.478 e. The molecule has 22 nitrogen and oxygen atoms in total. The monoisotopic (exact) mass is 1260 g/mol. The second-order valence-electron chi connectivity index (χ2n) is 19.8. The Hall–Kier alpha value is -10.5. The second kappa shape index (κ2) is 27.2. The molecular weight excluding hydrogens is 1220 g/mol. The lowest BCUT2D eigenvalue weighted by Gasteiger charge is -2.12. The van der Waals surface area contributed by atoms with Crippen molar-refractivity contribution in [3.05, 3.63) is 225 Å². The van der Waals surface area contributed by atoms with Crippen molar-refractivity contribution < 1.29 is 56.3 Å². The number of carbonyl (C=O) groups is 2. The van der Waals surface area contributed by atoms with Gasteiger partial charge in [-0.05, 0) is 83.9 Å². The van der Waals surface area contributed by atoms with Crippen LogP contribution in [0.15, 0.2) is 146 Å². The number of carboxylic acids is 2. The number of carboxylic acid groups (broad SMARTS) is 2. The van der Waals surface area contributed by atoms with Crippen molar-refractivity contribution in [2.45, 2.75) is 39.1 Å². The number of pyridine rings is 4. The topological polar surface area (TPSA) is 260 Å². The normalized spacial score (nSPS) is 11.3. The van der Waals surface area contributed by atoms with Crippen LogP contribution < -0.4 is 9.47 Å². The van der Waals surface area contributed by atoms with Crippen LogP contribution in [0.3, 0.4) is 0 Å². The van der Waals surface area contributed by atoms with Crippen LogP contribution in [-0.4, -0.2) is 119 Å². The average Bonchev–Trinajstić information content (AvgIpc) is 1.69. The summed E-state index contributed by atoms with van der Waals surface area (Å²) in [6.07, 6.45) is 9.52. The molecule has 8 aromatic heterocycles. The summed E-state index contributed by atoms with van der Waals surface area (Å²) >= 11 is 12.7. The Kier molecular flexibility index (Phi) is 18.5. The van der Waals surface area contributed by atoms with Gasteiger partial charge in [0, 0.05) is 86.9 Å². The summed E-state index contributed by atoms with van der Waals surface area (Å²) in [5.41, 5.74) is 5.82. The molecule has 456 valence electrons. The number of rotatable bonds is 22. The Morgan fingerprint density at radius 1 is 0.511 bits per heavy atom. The highest BCUT2D eigenvalue weighted by molar-refractivity contribution is 6.31. The highest BCUT2D eigenvalue weighted by Gasteiger charge is 2.21. The molecule has 0 amide bonds. The van der Waals surface area contributed by atoms with E-state index in [0.29, 0.717) is 126 Å². The quantitative estimate of drug-likeness (QED) is 0.0598. The molecule has 90 heavy (non-hydrogen) atoms. The van der Waals surface area contributed by atoms with Crippen molar-refractivity contribution in [3.8, 4) is 45.9 Å². The molecule has 0 atom stereocenters. The predicted octanol–water partition coefficient (Wildman–Crippen LogP) is 11.0. The molecule has 8 heterocycles. The maximum absolute atomic E-state index is 15.5. The zero-order chi connectivity index (χ0) is 63.0. The third kappa shape index (κ3) is 13.8. The molecule has 4 aromatic carbocycles. The van der Waals surface area contributed by atoms with Gasteiger partial charge in [-0.25, -0.2) is 66.4 Å². The van der Waals surface area contributed by atoms with E-state index in [0.717, 1.165) is 0 Å². The number of fused-ring (bicyclic) bond motifs is 2. The summed E-state index contributed by atoms with van der Waals surface area (Å²) in [4.78, 5) is 49.4. The zero-order valence-corrected chi connectivity index (χ0v) is 48.9. The minimum absolute atomic E-state index is 0.109. The third-order valence-electron chi connectivity index (χ3n) is 14.1. The van der Waals surface area contributed by atoms with E-state index in [2.05, 4.69) is 50.5 Å². The highest BCUT2D eigenvalue weighted by Crippen LogP contribution is 2.31. The van der Waals surface area contributed by atoms with E-state index in [9.17, 15) is 28.6 Å². The second-order valence-corrected chi connectivity index (χ2v) is 20.6. The molecule has 0 aliphatic rings. The number of hydrogen-bond acceptors (Lipinski definition) is 16. The van der Waals surface area contributed by atoms with Gasteiger partial charge in [0.05, 0.1) is 92.6 Å². The molecule has 0 spiro atoms. The summed E-state index contributed by atoms with van der Waals surface area (Å²) in [6.45, 7) is 1.30. The highest BCUT2D eigenvalue weighted by atomic mass is 35.5. The molecule has 12 rings (SSSR count). The summed E-state index contributed by atoms with van der Waals surface area (Å²) in [5, 5.41) is 34.7. The minimum atomic E-state index is -1.05. The molecule has 0 saturated carbocycles. The summed E-state index contributed by atoms with van der Waals surface area (Å²) < 4.78 is 88.4. The van der Waals surface area contributed by atoms with Gasteiger partial charge in [-0.15, -0.1) is 10.2 Å². The number of benzene rings is 4. The van der Waals surface area contributed by atoms with Gasteiger partial charge >= 0.3 is 11.9 Å². The van der Waals surface area contributed by atoms with Gasteiger partial charge in [-0.2, -0.15) is 0 Å². The van der Waals surface area contributed by atoms with E-state index in [1.807, 2.05) is 9.13 Å². The van der Waals surface area contributed by atoms with Crippen LogP contribution in [0.2, 0.25) is 10.0 Å². The summed E-state index contributed by atoms with van der Waals surface area (Å²) in [5.74, 6) is -3.06. The lowest BCUT2D eigenvalue weighted by molar-refractivity contribution is 0.0686. The number of ether oxygens (including phenoxy) is 4. The van der Waals surface area contributed by atoms with Crippen LogP contribution in [0.4, 0.5) is 17.6 Å². The van der Waals surface area contributed by atoms with Crippen LogP contribution in [0.1, 0.15) is 54.6 Å². The average molecular weight is 1260 g/mol. The Bertz CT molecular complexity index is 4320. The van der Waals surface area contributed by atoms with Gasteiger partial charge in [-0.1, -0.05) is 57.9 Å². The Morgan fingerprint density at radius 3 is 1.31 bits per heavy atom. The standard InChI is InChI=1S/2C31H24ClF2N7O4/c2*1-44-11-10-40-27-13-20(31(42)43)4-6-26(27)37-29(40)14-18-2-3-19(12-24(18)34)25-7-5-23(33)30(38-25)45-17-21-16-35-28(15-22(21)32)41-9-8-36-39-41/h2*2-9,12-13,15-16H,10-11,14,17H2,1H3,(H,42,43). The van der Waals surface area contributed by atoms with Gasteiger partial charge in [-0.3, -0.25) is 0 Å².